The first-order valence-corrected chi connectivity index (χ1v) is 12.2. The lowest BCUT2D eigenvalue weighted by atomic mass is 9.46. The minimum absolute atomic E-state index is 0.0590. The van der Waals surface area contributed by atoms with Crippen molar-refractivity contribution in [1.29, 1.82) is 5.26 Å². The summed E-state index contributed by atoms with van der Waals surface area (Å²) in [5.74, 6) is 1.06. The lowest BCUT2D eigenvalue weighted by molar-refractivity contribution is -0.207. The Hall–Kier alpha value is -1.65. The fourth-order valence-electron chi connectivity index (χ4n) is 7.81. The lowest BCUT2D eigenvalue weighted by Crippen LogP contribution is -2.66. The van der Waals surface area contributed by atoms with Gasteiger partial charge in [-0.3, -0.25) is 9.59 Å². The summed E-state index contributed by atoms with van der Waals surface area (Å²) in [7, 11) is 0. The van der Waals surface area contributed by atoms with Gasteiger partial charge in [0.05, 0.1) is 12.1 Å². The zero-order chi connectivity index (χ0) is 22.1. The van der Waals surface area contributed by atoms with Crippen LogP contribution in [0.4, 0.5) is 0 Å². The molecule has 1 heterocycles. The van der Waals surface area contributed by atoms with Gasteiger partial charge in [-0.1, -0.05) is 20.3 Å². The van der Waals surface area contributed by atoms with E-state index in [4.69, 9.17) is 16.2 Å². The Kier molecular flexibility index (Phi) is 4.91. The maximum atomic E-state index is 13.6. The van der Waals surface area contributed by atoms with Crippen molar-refractivity contribution >= 4 is 11.9 Å². The van der Waals surface area contributed by atoms with Crippen molar-refractivity contribution < 1.29 is 14.3 Å². The standard InChI is InChI=1S/C24H36N4O3/c1-3-13(2)19(26)22(30)31-24-9-14-4-15(10-24)8-23(7-14,12-24)20(27)21(29)28-17(11-25)5-16-6-18(16)28/h13-20H,3-10,12,26-27H2,1-2H3/t13-,14?,15?,16-,17+,18+,19+,20-,23?,24?/m1/s1. The number of hydrogen-bond acceptors (Lipinski definition) is 6. The third-order valence-corrected chi connectivity index (χ3v) is 9.33. The number of nitrogens with two attached hydrogens (primary N) is 2. The molecule has 4 bridgehead atoms. The van der Waals surface area contributed by atoms with E-state index in [9.17, 15) is 14.9 Å². The molecule has 6 rings (SSSR count). The molecule has 170 valence electrons. The molecule has 1 saturated heterocycles. The Morgan fingerprint density at radius 3 is 2.45 bits per heavy atom. The maximum absolute atomic E-state index is 13.6. The summed E-state index contributed by atoms with van der Waals surface area (Å²) in [6.45, 7) is 4.01. The number of ether oxygens (including phenoxy) is 1. The Morgan fingerprint density at radius 2 is 1.84 bits per heavy atom. The van der Waals surface area contributed by atoms with Crippen LogP contribution in [-0.4, -0.2) is 46.5 Å². The van der Waals surface area contributed by atoms with Crippen LogP contribution in [0.5, 0.6) is 0 Å². The number of amides is 1. The predicted octanol–water partition coefficient (Wildman–Crippen LogP) is 2.08. The molecule has 2 unspecified atom stereocenters. The third-order valence-electron chi connectivity index (χ3n) is 9.33. The number of piperidine rings is 1. The second-order valence-electron chi connectivity index (χ2n) is 11.5. The monoisotopic (exact) mass is 428 g/mol. The minimum Gasteiger partial charge on any atom is -0.458 e. The summed E-state index contributed by atoms with van der Waals surface area (Å²) < 4.78 is 6.19. The van der Waals surface area contributed by atoms with Crippen molar-refractivity contribution in [2.75, 3.05) is 0 Å². The van der Waals surface area contributed by atoms with Crippen molar-refractivity contribution in [3.05, 3.63) is 0 Å². The Morgan fingerprint density at radius 1 is 1.16 bits per heavy atom. The first kappa shape index (κ1) is 21.2. The maximum Gasteiger partial charge on any atom is 0.323 e. The number of fused-ring (bicyclic) bond motifs is 1. The van der Waals surface area contributed by atoms with Gasteiger partial charge in [0.25, 0.3) is 0 Å². The molecule has 1 aliphatic heterocycles. The van der Waals surface area contributed by atoms with Crippen LogP contribution in [0.3, 0.4) is 0 Å². The van der Waals surface area contributed by atoms with E-state index in [1.807, 2.05) is 13.8 Å². The molecule has 6 aliphatic rings. The average Bonchev–Trinajstić information content (AvgIpc) is 3.39. The van der Waals surface area contributed by atoms with Crippen molar-refractivity contribution in [3.63, 3.8) is 0 Å². The summed E-state index contributed by atoms with van der Waals surface area (Å²) in [5.41, 5.74) is 12.1. The third kappa shape index (κ3) is 3.29. The normalized spacial score (nSPS) is 44.9. The van der Waals surface area contributed by atoms with Crippen molar-refractivity contribution in [2.45, 2.75) is 101 Å². The summed E-state index contributed by atoms with van der Waals surface area (Å²) in [6, 6.07) is 0.939. The largest absolute Gasteiger partial charge is 0.458 e. The lowest BCUT2D eigenvalue weighted by Gasteiger charge is -2.62. The van der Waals surface area contributed by atoms with E-state index in [-0.39, 0.29) is 35.3 Å². The van der Waals surface area contributed by atoms with Gasteiger partial charge in [-0.05, 0) is 80.5 Å². The van der Waals surface area contributed by atoms with Crippen LogP contribution in [0, 0.1) is 40.4 Å². The smallest absolute Gasteiger partial charge is 0.323 e. The Labute approximate surface area is 184 Å². The highest BCUT2D eigenvalue weighted by atomic mass is 16.6. The first-order valence-electron chi connectivity index (χ1n) is 12.2. The van der Waals surface area contributed by atoms with E-state index in [1.165, 1.54) is 0 Å². The molecule has 5 saturated carbocycles. The molecule has 0 aromatic rings. The van der Waals surface area contributed by atoms with E-state index in [0.29, 0.717) is 24.2 Å². The van der Waals surface area contributed by atoms with Crippen LogP contribution in [0.25, 0.3) is 0 Å². The number of carbonyl (C=O) groups excluding carboxylic acids is 2. The Bertz CT molecular complexity index is 808. The summed E-state index contributed by atoms with van der Waals surface area (Å²) in [6.07, 6.45) is 7.97. The molecule has 4 N–H and O–H groups in total. The summed E-state index contributed by atoms with van der Waals surface area (Å²) >= 11 is 0. The highest BCUT2D eigenvalue weighted by molar-refractivity contribution is 5.84. The van der Waals surface area contributed by atoms with Crippen LogP contribution in [0.15, 0.2) is 0 Å². The molecule has 0 aromatic carbocycles. The fourth-order valence-corrected chi connectivity index (χ4v) is 7.81. The van der Waals surface area contributed by atoms with E-state index < -0.39 is 17.7 Å². The average molecular weight is 429 g/mol. The quantitative estimate of drug-likeness (QED) is 0.625. The van der Waals surface area contributed by atoms with Crippen LogP contribution in [-0.2, 0) is 14.3 Å². The van der Waals surface area contributed by atoms with Crippen molar-refractivity contribution in [1.82, 2.24) is 4.90 Å². The molecule has 0 spiro atoms. The fraction of sp³-hybridized carbons (Fsp3) is 0.875. The van der Waals surface area contributed by atoms with E-state index >= 15 is 0 Å². The SMILES string of the molecule is CC[C@@H](C)[C@H](N)C(=O)OC12CC3CC(C1)CC([C@H](N)C(=O)N1[C@H](C#N)C[C@@H]4C[C@@H]41)(C3)C2. The van der Waals surface area contributed by atoms with Crippen LogP contribution < -0.4 is 11.5 Å². The van der Waals surface area contributed by atoms with Crippen LogP contribution >= 0.6 is 0 Å². The molecule has 7 heteroatoms. The van der Waals surface area contributed by atoms with Crippen LogP contribution in [0.2, 0.25) is 0 Å². The molecule has 0 aromatic heterocycles. The van der Waals surface area contributed by atoms with Gasteiger partial charge in [0.2, 0.25) is 5.91 Å². The number of nitriles is 1. The number of hydrogen-bond donors (Lipinski definition) is 2. The van der Waals surface area contributed by atoms with Gasteiger partial charge in [0.1, 0.15) is 17.7 Å². The summed E-state index contributed by atoms with van der Waals surface area (Å²) in [4.78, 5) is 28.2. The molecule has 5 aliphatic carbocycles. The molecule has 7 nitrogen and oxygen atoms in total. The van der Waals surface area contributed by atoms with Crippen LogP contribution in [0.1, 0.15) is 71.6 Å². The molecular formula is C24H36N4O3. The zero-order valence-electron chi connectivity index (χ0n) is 18.8. The van der Waals surface area contributed by atoms with Gasteiger partial charge >= 0.3 is 5.97 Å². The molecular weight excluding hydrogens is 392 g/mol. The highest BCUT2D eigenvalue weighted by Gasteiger charge is 2.64. The molecule has 6 fully saturated rings. The van der Waals surface area contributed by atoms with E-state index in [1.54, 1.807) is 4.90 Å². The van der Waals surface area contributed by atoms with Crippen molar-refractivity contribution in [3.8, 4) is 6.07 Å². The zero-order valence-corrected chi connectivity index (χ0v) is 18.8. The number of esters is 1. The molecule has 8 atom stereocenters. The van der Waals surface area contributed by atoms with E-state index in [0.717, 1.165) is 51.4 Å². The molecule has 1 amide bonds. The first-order chi connectivity index (χ1) is 14.7. The number of carbonyl (C=O) groups is 2. The molecule has 31 heavy (non-hydrogen) atoms. The van der Waals surface area contributed by atoms with Gasteiger partial charge < -0.3 is 21.1 Å². The van der Waals surface area contributed by atoms with E-state index in [2.05, 4.69) is 6.07 Å². The highest BCUT2D eigenvalue weighted by Crippen LogP contribution is 2.64. The second kappa shape index (κ2) is 7.18. The van der Waals surface area contributed by atoms with Gasteiger partial charge in [-0.25, -0.2) is 0 Å². The minimum atomic E-state index is -0.630. The predicted molar refractivity (Wildman–Crippen MR) is 114 cm³/mol. The van der Waals surface area contributed by atoms with Gasteiger partial charge in [0.15, 0.2) is 0 Å². The molecule has 0 radical (unpaired) electrons. The van der Waals surface area contributed by atoms with Gasteiger partial charge in [-0.15, -0.1) is 0 Å². The van der Waals surface area contributed by atoms with Gasteiger partial charge in [-0.2, -0.15) is 5.26 Å². The Balaban J connectivity index is 1.37. The second-order valence-corrected chi connectivity index (χ2v) is 11.5. The van der Waals surface area contributed by atoms with Gasteiger partial charge in [0, 0.05) is 6.04 Å². The number of nitrogens with zero attached hydrogens (tertiary/aromatic N) is 2. The topological polar surface area (TPSA) is 122 Å². The van der Waals surface area contributed by atoms with Crippen molar-refractivity contribution in [2.24, 2.45) is 40.6 Å². The number of likely N-dealkylation sites (tertiary alicyclic amines) is 1. The number of rotatable bonds is 6. The summed E-state index contributed by atoms with van der Waals surface area (Å²) in [5, 5.41) is 9.54.